The second-order valence-corrected chi connectivity index (χ2v) is 3.89. The minimum absolute atomic E-state index is 0.202. The fourth-order valence-electron chi connectivity index (χ4n) is 1.40. The lowest BCUT2D eigenvalue weighted by Gasteiger charge is -2.14. The molecule has 0 aliphatic heterocycles. The number of hydrogen-bond donors (Lipinski definition) is 1. The van der Waals surface area contributed by atoms with E-state index < -0.39 is 0 Å². The quantitative estimate of drug-likeness (QED) is 0.882. The van der Waals surface area contributed by atoms with E-state index in [0.29, 0.717) is 11.0 Å². The van der Waals surface area contributed by atoms with E-state index in [0.717, 1.165) is 6.54 Å². The van der Waals surface area contributed by atoms with Crippen molar-refractivity contribution < 1.29 is 0 Å². The first kappa shape index (κ1) is 10.9. The van der Waals surface area contributed by atoms with Gasteiger partial charge in [-0.3, -0.25) is 9.67 Å². The Kier molecular flexibility index (Phi) is 3.36. The number of hydrogen-bond acceptors (Lipinski definition) is 4. The molecule has 0 amide bonds. The van der Waals surface area contributed by atoms with Crippen LogP contribution in [0.15, 0.2) is 30.9 Å². The monoisotopic (exact) mass is 237 g/mol. The third-order valence-corrected chi connectivity index (χ3v) is 2.20. The maximum absolute atomic E-state index is 5.74. The molecule has 0 fully saturated rings. The molecule has 0 radical (unpaired) electrons. The molecule has 2 aromatic heterocycles. The average molecular weight is 238 g/mol. The summed E-state index contributed by atoms with van der Waals surface area (Å²) in [5.74, 6) is 0.673. The Morgan fingerprint density at radius 3 is 3.06 bits per heavy atom. The maximum Gasteiger partial charge on any atom is 0.149 e. The molecule has 0 spiro atoms. The fourth-order valence-corrected chi connectivity index (χ4v) is 1.55. The highest BCUT2D eigenvalue weighted by Gasteiger charge is 2.04. The van der Waals surface area contributed by atoms with Crippen LogP contribution < -0.4 is 5.32 Å². The van der Waals surface area contributed by atoms with Crippen molar-refractivity contribution >= 4 is 17.4 Å². The van der Waals surface area contributed by atoms with Crippen LogP contribution in [0.4, 0.5) is 5.82 Å². The van der Waals surface area contributed by atoms with Crippen LogP contribution in [0.5, 0.6) is 0 Å². The summed E-state index contributed by atoms with van der Waals surface area (Å²) in [7, 11) is 0. The highest BCUT2D eigenvalue weighted by atomic mass is 35.5. The second kappa shape index (κ2) is 4.94. The molecule has 5 nitrogen and oxygen atoms in total. The third kappa shape index (κ3) is 2.93. The van der Waals surface area contributed by atoms with E-state index in [1.807, 2.05) is 23.9 Å². The Balaban J connectivity index is 1.94. The predicted molar refractivity (Wildman–Crippen MR) is 62.4 cm³/mol. The number of nitrogens with one attached hydrogen (secondary N) is 1. The summed E-state index contributed by atoms with van der Waals surface area (Å²) in [6.45, 7) is 2.81. The van der Waals surface area contributed by atoms with Crippen molar-refractivity contribution in [1.29, 1.82) is 0 Å². The molecule has 0 saturated heterocycles. The minimum Gasteiger partial charge on any atom is -0.364 e. The normalized spacial score (nSPS) is 12.4. The molecule has 16 heavy (non-hydrogen) atoms. The van der Waals surface area contributed by atoms with Gasteiger partial charge < -0.3 is 5.32 Å². The van der Waals surface area contributed by atoms with Crippen molar-refractivity contribution in [3.8, 4) is 0 Å². The lowest BCUT2D eigenvalue weighted by atomic mass is 10.3. The molecule has 2 aromatic rings. The van der Waals surface area contributed by atoms with Crippen LogP contribution in [-0.4, -0.2) is 25.8 Å². The van der Waals surface area contributed by atoms with Gasteiger partial charge in [0.05, 0.1) is 18.9 Å². The highest BCUT2D eigenvalue weighted by molar-refractivity contribution is 6.29. The zero-order chi connectivity index (χ0) is 11.4. The van der Waals surface area contributed by atoms with Gasteiger partial charge in [0.1, 0.15) is 11.0 Å². The van der Waals surface area contributed by atoms with Gasteiger partial charge in [-0.05, 0) is 13.0 Å². The molecule has 0 aliphatic carbocycles. The van der Waals surface area contributed by atoms with Crippen LogP contribution >= 0.6 is 11.6 Å². The highest BCUT2D eigenvalue weighted by Crippen LogP contribution is 2.08. The topological polar surface area (TPSA) is 55.6 Å². The first-order chi connectivity index (χ1) is 7.74. The Labute approximate surface area is 98.5 Å². The fraction of sp³-hybridized carbons (Fsp3) is 0.300. The van der Waals surface area contributed by atoms with Crippen molar-refractivity contribution in [1.82, 2.24) is 19.7 Å². The molecule has 1 unspecified atom stereocenters. The van der Waals surface area contributed by atoms with E-state index in [9.17, 15) is 0 Å². The molecular formula is C10H12ClN5. The molecule has 2 rings (SSSR count). The Morgan fingerprint density at radius 1 is 1.50 bits per heavy atom. The molecule has 0 saturated carbocycles. The Morgan fingerprint density at radius 2 is 2.38 bits per heavy atom. The lowest BCUT2D eigenvalue weighted by molar-refractivity contribution is 0.559. The van der Waals surface area contributed by atoms with Crippen molar-refractivity contribution in [2.24, 2.45) is 0 Å². The van der Waals surface area contributed by atoms with Gasteiger partial charge in [-0.2, -0.15) is 5.10 Å². The summed E-state index contributed by atoms with van der Waals surface area (Å²) in [5, 5.41) is 7.72. The summed E-state index contributed by atoms with van der Waals surface area (Å²) in [5.41, 5.74) is 0. The summed E-state index contributed by atoms with van der Waals surface area (Å²) >= 11 is 5.74. The van der Waals surface area contributed by atoms with Crippen molar-refractivity contribution in [2.45, 2.75) is 19.5 Å². The van der Waals surface area contributed by atoms with Crippen LogP contribution in [-0.2, 0) is 6.54 Å². The first-order valence-electron chi connectivity index (χ1n) is 4.95. The van der Waals surface area contributed by atoms with Gasteiger partial charge in [-0.15, -0.1) is 0 Å². The standard InChI is InChI=1S/C10H12ClN5/c1-8(7-16-4-2-3-13-16)14-10-6-12-5-9(11)15-10/h2-6,8H,7H2,1H3,(H,14,15). The smallest absolute Gasteiger partial charge is 0.149 e. The predicted octanol–water partition coefficient (Wildman–Crippen LogP) is 1.83. The van der Waals surface area contributed by atoms with Crippen LogP contribution in [0.2, 0.25) is 5.15 Å². The van der Waals surface area contributed by atoms with Gasteiger partial charge in [0.15, 0.2) is 0 Å². The van der Waals surface area contributed by atoms with Crippen LogP contribution in [0, 0.1) is 0 Å². The molecule has 84 valence electrons. The van der Waals surface area contributed by atoms with Crippen molar-refractivity contribution in [3.63, 3.8) is 0 Å². The zero-order valence-corrected chi connectivity index (χ0v) is 9.59. The number of halogens is 1. The first-order valence-corrected chi connectivity index (χ1v) is 5.33. The van der Waals surface area contributed by atoms with Gasteiger partial charge >= 0.3 is 0 Å². The van der Waals surface area contributed by atoms with Crippen LogP contribution in [0.1, 0.15) is 6.92 Å². The van der Waals surface area contributed by atoms with E-state index in [2.05, 4.69) is 20.4 Å². The van der Waals surface area contributed by atoms with Crippen LogP contribution in [0.25, 0.3) is 0 Å². The molecule has 0 aliphatic rings. The maximum atomic E-state index is 5.74. The van der Waals surface area contributed by atoms with Gasteiger partial charge in [-0.1, -0.05) is 11.6 Å². The van der Waals surface area contributed by atoms with E-state index in [4.69, 9.17) is 11.6 Å². The Bertz CT molecular complexity index is 442. The number of anilines is 1. The van der Waals surface area contributed by atoms with Crippen molar-refractivity contribution in [3.05, 3.63) is 36.0 Å². The SMILES string of the molecule is CC(Cn1cccn1)Nc1cncc(Cl)n1. The summed E-state index contributed by atoms with van der Waals surface area (Å²) in [6.07, 6.45) is 6.82. The number of rotatable bonds is 4. The van der Waals surface area contributed by atoms with Gasteiger partial charge in [0.2, 0.25) is 0 Å². The third-order valence-electron chi connectivity index (χ3n) is 2.02. The van der Waals surface area contributed by atoms with E-state index in [1.165, 1.54) is 6.20 Å². The molecule has 1 atom stereocenters. The van der Waals surface area contributed by atoms with E-state index >= 15 is 0 Å². The summed E-state index contributed by atoms with van der Waals surface area (Å²) < 4.78 is 1.86. The van der Waals surface area contributed by atoms with E-state index in [-0.39, 0.29) is 6.04 Å². The molecule has 0 bridgehead atoms. The van der Waals surface area contributed by atoms with Crippen LogP contribution in [0.3, 0.4) is 0 Å². The molecule has 2 heterocycles. The lowest BCUT2D eigenvalue weighted by Crippen LogP contribution is -2.22. The number of nitrogens with zero attached hydrogens (tertiary/aromatic N) is 4. The minimum atomic E-state index is 0.202. The Hall–Kier alpha value is -1.62. The second-order valence-electron chi connectivity index (χ2n) is 3.50. The summed E-state index contributed by atoms with van der Waals surface area (Å²) in [4.78, 5) is 8.06. The molecular weight excluding hydrogens is 226 g/mol. The molecule has 6 heteroatoms. The number of aromatic nitrogens is 4. The molecule has 0 aromatic carbocycles. The zero-order valence-electron chi connectivity index (χ0n) is 8.84. The van der Waals surface area contributed by atoms with E-state index in [1.54, 1.807) is 12.4 Å². The average Bonchev–Trinajstić information content (AvgIpc) is 2.70. The van der Waals surface area contributed by atoms with Crippen molar-refractivity contribution in [2.75, 3.05) is 5.32 Å². The molecule has 1 N–H and O–H groups in total. The summed E-state index contributed by atoms with van der Waals surface area (Å²) in [6, 6.07) is 2.10. The largest absolute Gasteiger partial charge is 0.364 e. The van der Waals surface area contributed by atoms with Gasteiger partial charge in [0, 0.05) is 18.4 Å². The van der Waals surface area contributed by atoms with Gasteiger partial charge in [0.25, 0.3) is 0 Å². The van der Waals surface area contributed by atoms with Gasteiger partial charge in [-0.25, -0.2) is 4.98 Å².